The Kier molecular flexibility index (Phi) is 2.78. The molecule has 3 aliphatic rings. The second-order valence-electron chi connectivity index (χ2n) is 6.88. The number of nitrogens with zero attached hydrogens (tertiary/aromatic N) is 1. The predicted octanol–water partition coefficient (Wildman–Crippen LogP) is 5.00. The molecule has 0 N–H and O–H groups in total. The van der Waals surface area contributed by atoms with Crippen molar-refractivity contribution in [1.29, 1.82) is 0 Å². The molecule has 2 saturated carbocycles. The van der Waals surface area contributed by atoms with Crippen molar-refractivity contribution >= 4 is 11.6 Å². The summed E-state index contributed by atoms with van der Waals surface area (Å²) in [6, 6.07) is 12.2. The summed E-state index contributed by atoms with van der Waals surface area (Å²) in [5.74, 6) is 3.57. The minimum Gasteiger partial charge on any atom is -0.483 e. The fourth-order valence-corrected chi connectivity index (χ4v) is 5.45. The van der Waals surface area contributed by atoms with Crippen LogP contribution in [0.3, 0.4) is 0 Å². The lowest BCUT2D eigenvalue weighted by atomic mass is 9.70. The summed E-state index contributed by atoms with van der Waals surface area (Å²) in [5.41, 5.74) is 2.32. The van der Waals surface area contributed by atoms with Crippen LogP contribution in [0.4, 0.5) is 0 Å². The van der Waals surface area contributed by atoms with E-state index in [1.807, 2.05) is 24.4 Å². The second kappa shape index (κ2) is 4.73. The molecule has 1 aromatic carbocycles. The predicted molar refractivity (Wildman–Crippen MR) is 86.1 cm³/mol. The Morgan fingerprint density at radius 3 is 2.82 bits per heavy atom. The maximum atomic E-state index is 6.54. The van der Waals surface area contributed by atoms with Gasteiger partial charge in [-0.05, 0) is 61.3 Å². The van der Waals surface area contributed by atoms with Gasteiger partial charge in [0.1, 0.15) is 11.9 Å². The average Bonchev–Trinajstić information content (AvgIpc) is 3.17. The van der Waals surface area contributed by atoms with Crippen molar-refractivity contribution in [3.05, 3.63) is 58.9 Å². The van der Waals surface area contributed by atoms with E-state index < -0.39 is 0 Å². The van der Waals surface area contributed by atoms with E-state index in [4.69, 9.17) is 16.3 Å². The third-order valence-electron chi connectivity index (χ3n) is 5.91. The molecule has 2 aromatic rings. The number of rotatable bonds is 1. The van der Waals surface area contributed by atoms with E-state index >= 15 is 0 Å². The standard InChI is InChI=1S/C19H18ClNO/c20-13-4-3-6-15-18(13)16-11-7-8-12(10-11)17(16)19(22-15)14-5-1-2-9-21-14/h1-6,9,11-12,16-17,19H,7-8,10H2/t11-,12+,16+,17-,19-/m1/s1. The van der Waals surface area contributed by atoms with Gasteiger partial charge in [-0.25, -0.2) is 0 Å². The van der Waals surface area contributed by atoms with E-state index in [1.54, 1.807) is 0 Å². The Morgan fingerprint density at radius 1 is 1.05 bits per heavy atom. The summed E-state index contributed by atoms with van der Waals surface area (Å²) in [6.07, 6.45) is 5.94. The van der Waals surface area contributed by atoms with Gasteiger partial charge in [-0.2, -0.15) is 0 Å². The number of aromatic nitrogens is 1. The van der Waals surface area contributed by atoms with Crippen molar-refractivity contribution in [1.82, 2.24) is 4.98 Å². The van der Waals surface area contributed by atoms with Crippen molar-refractivity contribution < 1.29 is 4.74 Å². The Hall–Kier alpha value is -1.54. The highest BCUT2D eigenvalue weighted by Gasteiger charge is 2.55. The molecule has 0 unspecified atom stereocenters. The highest BCUT2D eigenvalue weighted by Crippen LogP contribution is 2.65. The molecule has 0 amide bonds. The van der Waals surface area contributed by atoms with Crippen LogP contribution in [0.1, 0.15) is 42.5 Å². The van der Waals surface area contributed by atoms with Crippen LogP contribution in [0.25, 0.3) is 0 Å². The molecule has 112 valence electrons. The number of ether oxygens (including phenoxy) is 1. The SMILES string of the molecule is Clc1cccc2c1[C@H]1[C@@H]3CC[C@@H](C3)[C@H]1[C@@H](c1ccccn1)O2. The van der Waals surface area contributed by atoms with E-state index in [-0.39, 0.29) is 6.10 Å². The first-order valence-corrected chi connectivity index (χ1v) is 8.56. The molecule has 5 rings (SSSR count). The fraction of sp³-hybridized carbons (Fsp3) is 0.421. The van der Waals surface area contributed by atoms with E-state index in [1.165, 1.54) is 24.8 Å². The number of hydrogen-bond acceptors (Lipinski definition) is 2. The van der Waals surface area contributed by atoms with Crippen LogP contribution in [0.15, 0.2) is 42.6 Å². The highest BCUT2D eigenvalue weighted by molar-refractivity contribution is 6.31. The fourth-order valence-electron chi connectivity index (χ4n) is 5.16. The van der Waals surface area contributed by atoms with Gasteiger partial charge in [0.2, 0.25) is 0 Å². The molecule has 2 aliphatic carbocycles. The number of pyridine rings is 1. The number of benzene rings is 1. The van der Waals surface area contributed by atoms with Gasteiger partial charge in [0.05, 0.1) is 5.69 Å². The monoisotopic (exact) mass is 311 g/mol. The minimum absolute atomic E-state index is 0.0764. The zero-order valence-electron chi connectivity index (χ0n) is 12.3. The smallest absolute Gasteiger partial charge is 0.144 e. The maximum Gasteiger partial charge on any atom is 0.144 e. The summed E-state index contributed by atoms with van der Waals surface area (Å²) in [6.45, 7) is 0. The Labute approximate surface area is 135 Å². The highest BCUT2D eigenvalue weighted by atomic mass is 35.5. The topological polar surface area (TPSA) is 22.1 Å². The molecule has 1 aromatic heterocycles. The van der Waals surface area contributed by atoms with Crippen LogP contribution in [0.5, 0.6) is 5.75 Å². The molecule has 0 radical (unpaired) electrons. The normalized spacial score (nSPS) is 34.9. The van der Waals surface area contributed by atoms with E-state index in [0.717, 1.165) is 28.3 Å². The van der Waals surface area contributed by atoms with Crippen molar-refractivity contribution in [3.8, 4) is 5.75 Å². The van der Waals surface area contributed by atoms with Gasteiger partial charge in [0, 0.05) is 22.7 Å². The molecule has 0 spiro atoms. The van der Waals surface area contributed by atoms with Gasteiger partial charge < -0.3 is 4.74 Å². The Balaban J connectivity index is 1.67. The van der Waals surface area contributed by atoms with Crippen molar-refractivity contribution in [2.45, 2.75) is 31.3 Å². The summed E-state index contributed by atoms with van der Waals surface area (Å²) in [4.78, 5) is 4.58. The van der Waals surface area contributed by atoms with Gasteiger partial charge in [0.25, 0.3) is 0 Å². The molecule has 2 nitrogen and oxygen atoms in total. The van der Waals surface area contributed by atoms with Crippen LogP contribution in [-0.4, -0.2) is 4.98 Å². The van der Waals surface area contributed by atoms with Gasteiger partial charge in [-0.1, -0.05) is 23.7 Å². The zero-order chi connectivity index (χ0) is 14.7. The molecular weight excluding hydrogens is 294 g/mol. The lowest BCUT2D eigenvalue weighted by molar-refractivity contribution is 0.0565. The molecule has 2 fully saturated rings. The number of halogens is 1. The molecule has 3 heteroatoms. The quantitative estimate of drug-likeness (QED) is 0.739. The molecule has 2 bridgehead atoms. The Morgan fingerprint density at radius 2 is 1.95 bits per heavy atom. The minimum atomic E-state index is 0.0764. The van der Waals surface area contributed by atoms with Crippen LogP contribution in [0, 0.1) is 17.8 Å². The summed E-state index contributed by atoms with van der Waals surface area (Å²) < 4.78 is 6.42. The van der Waals surface area contributed by atoms with E-state index in [9.17, 15) is 0 Å². The van der Waals surface area contributed by atoms with Gasteiger partial charge in [-0.15, -0.1) is 0 Å². The van der Waals surface area contributed by atoms with Gasteiger partial charge >= 0.3 is 0 Å². The average molecular weight is 312 g/mol. The summed E-state index contributed by atoms with van der Waals surface area (Å²) in [5, 5.41) is 0.875. The molecule has 2 heterocycles. The molecule has 1 aliphatic heterocycles. The molecular formula is C19H18ClNO. The largest absolute Gasteiger partial charge is 0.483 e. The van der Waals surface area contributed by atoms with Crippen LogP contribution < -0.4 is 4.74 Å². The van der Waals surface area contributed by atoms with Crippen molar-refractivity contribution in [3.63, 3.8) is 0 Å². The second-order valence-corrected chi connectivity index (χ2v) is 7.29. The van der Waals surface area contributed by atoms with Crippen LogP contribution in [0.2, 0.25) is 5.02 Å². The van der Waals surface area contributed by atoms with E-state index in [2.05, 4.69) is 23.2 Å². The lowest BCUT2D eigenvalue weighted by Gasteiger charge is -2.42. The van der Waals surface area contributed by atoms with Crippen LogP contribution in [-0.2, 0) is 0 Å². The number of hydrogen-bond donors (Lipinski definition) is 0. The first-order chi connectivity index (χ1) is 10.8. The lowest BCUT2D eigenvalue weighted by Crippen LogP contribution is -2.34. The Bertz CT molecular complexity index is 717. The molecule has 5 atom stereocenters. The van der Waals surface area contributed by atoms with Crippen LogP contribution >= 0.6 is 11.6 Å². The summed E-state index contributed by atoms with van der Waals surface area (Å²) >= 11 is 6.54. The maximum absolute atomic E-state index is 6.54. The van der Waals surface area contributed by atoms with E-state index in [0.29, 0.717) is 11.8 Å². The zero-order valence-corrected chi connectivity index (χ0v) is 13.0. The van der Waals surface area contributed by atoms with Crippen molar-refractivity contribution in [2.75, 3.05) is 0 Å². The third-order valence-corrected chi connectivity index (χ3v) is 6.24. The van der Waals surface area contributed by atoms with Gasteiger partial charge in [-0.3, -0.25) is 4.98 Å². The first-order valence-electron chi connectivity index (χ1n) is 8.19. The molecule has 22 heavy (non-hydrogen) atoms. The van der Waals surface area contributed by atoms with Crippen molar-refractivity contribution in [2.24, 2.45) is 17.8 Å². The third kappa shape index (κ3) is 1.70. The molecule has 0 saturated heterocycles. The van der Waals surface area contributed by atoms with Gasteiger partial charge in [0.15, 0.2) is 0 Å². The number of fused-ring (bicyclic) bond motifs is 7. The summed E-state index contributed by atoms with van der Waals surface area (Å²) in [7, 11) is 0. The first kappa shape index (κ1) is 13.0.